The number of pyridine rings is 1. The summed E-state index contributed by atoms with van der Waals surface area (Å²) in [7, 11) is 0. The number of hydrogen-bond acceptors (Lipinski definition) is 5. The van der Waals surface area contributed by atoms with Gasteiger partial charge in [0.15, 0.2) is 0 Å². The van der Waals surface area contributed by atoms with Gasteiger partial charge in [0.25, 0.3) is 0 Å². The summed E-state index contributed by atoms with van der Waals surface area (Å²) in [5, 5.41) is 12.9. The van der Waals surface area contributed by atoms with E-state index >= 15 is 0 Å². The molecule has 0 amide bonds. The van der Waals surface area contributed by atoms with Gasteiger partial charge in [-0.2, -0.15) is 0 Å². The summed E-state index contributed by atoms with van der Waals surface area (Å²) in [6, 6.07) is 2.99. The van der Waals surface area contributed by atoms with E-state index in [0.717, 1.165) is 43.0 Å². The molecule has 5 aliphatic rings. The van der Waals surface area contributed by atoms with Gasteiger partial charge >= 0.3 is 0 Å². The average Bonchev–Trinajstić information content (AvgIpc) is 2.53. The van der Waals surface area contributed by atoms with Gasteiger partial charge in [0, 0.05) is 44.0 Å². The van der Waals surface area contributed by atoms with Gasteiger partial charge in [0.2, 0.25) is 0 Å². The molecule has 5 nitrogen and oxygen atoms in total. The summed E-state index contributed by atoms with van der Waals surface area (Å²) in [4.78, 5) is 7.29. The highest BCUT2D eigenvalue weighted by molar-refractivity contribution is 5.27. The topological polar surface area (TPSA) is 60.4 Å². The number of rotatable bonds is 4. The largest absolute Gasteiger partial charge is 0.316 e. The standard InChI is InChI=1S/C19H28N4O/c24-21-10-15-4-16-1-2-23(11-18(16)20-9-15)12-19-7-13-3-14(8-19)6-17(5-13)22-19/h4,9,13-14,17,21-22,24H,1-3,5-8,10-12H2. The Balaban J connectivity index is 1.29. The van der Waals surface area contributed by atoms with E-state index in [4.69, 9.17) is 5.21 Å². The third kappa shape index (κ3) is 2.68. The quantitative estimate of drug-likeness (QED) is 0.736. The maximum atomic E-state index is 8.86. The Morgan fingerprint density at radius 3 is 2.88 bits per heavy atom. The van der Waals surface area contributed by atoms with Crippen LogP contribution in [0, 0.1) is 11.8 Å². The fraction of sp³-hybridized carbons (Fsp3) is 0.737. The molecule has 4 heterocycles. The van der Waals surface area contributed by atoms with Crippen LogP contribution in [0.3, 0.4) is 0 Å². The van der Waals surface area contributed by atoms with Crippen molar-refractivity contribution in [3.05, 3.63) is 29.1 Å². The Morgan fingerprint density at radius 2 is 2.12 bits per heavy atom. The number of aromatic nitrogens is 1. The van der Waals surface area contributed by atoms with Gasteiger partial charge in [-0.3, -0.25) is 9.88 Å². The van der Waals surface area contributed by atoms with Gasteiger partial charge in [-0.15, -0.1) is 0 Å². The highest BCUT2D eigenvalue weighted by atomic mass is 16.5. The number of hydrogen-bond donors (Lipinski definition) is 3. The zero-order chi connectivity index (χ0) is 16.1. The minimum absolute atomic E-state index is 0.382. The van der Waals surface area contributed by atoms with Gasteiger partial charge in [0.1, 0.15) is 0 Å². The van der Waals surface area contributed by atoms with E-state index in [9.17, 15) is 0 Å². The van der Waals surface area contributed by atoms with E-state index in [0.29, 0.717) is 12.1 Å². The van der Waals surface area contributed by atoms with E-state index in [-0.39, 0.29) is 0 Å². The number of nitrogens with one attached hydrogen (secondary N) is 2. The van der Waals surface area contributed by atoms with Crippen molar-refractivity contribution < 1.29 is 5.21 Å². The van der Waals surface area contributed by atoms with Crippen LogP contribution in [0.1, 0.15) is 48.9 Å². The summed E-state index contributed by atoms with van der Waals surface area (Å²) in [5.74, 6) is 1.96. The molecule has 3 aliphatic heterocycles. The Kier molecular flexibility index (Phi) is 3.67. The first-order valence-electron chi connectivity index (χ1n) is 9.55. The Labute approximate surface area is 143 Å². The number of fused-ring (bicyclic) bond motifs is 1. The lowest BCUT2D eigenvalue weighted by Gasteiger charge is -2.58. The van der Waals surface area contributed by atoms with Crippen LogP contribution in [0.15, 0.2) is 12.3 Å². The molecule has 6 rings (SSSR count). The molecule has 2 unspecified atom stereocenters. The first-order valence-corrected chi connectivity index (χ1v) is 9.55. The van der Waals surface area contributed by atoms with Crippen LogP contribution in [0.5, 0.6) is 0 Å². The first kappa shape index (κ1) is 15.3. The van der Waals surface area contributed by atoms with Crippen molar-refractivity contribution in [3.63, 3.8) is 0 Å². The second kappa shape index (κ2) is 5.77. The summed E-state index contributed by atoms with van der Waals surface area (Å²) in [5.41, 5.74) is 6.26. The molecule has 2 saturated heterocycles. The molecule has 0 radical (unpaired) electrons. The molecule has 2 aliphatic carbocycles. The molecule has 0 aromatic carbocycles. The van der Waals surface area contributed by atoms with Crippen molar-refractivity contribution in [2.45, 2.75) is 63.2 Å². The molecule has 2 saturated carbocycles. The molecule has 2 atom stereocenters. The molecule has 1 aromatic heterocycles. The summed E-state index contributed by atoms with van der Waals surface area (Å²) in [6.07, 6.45) is 10.1. The maximum Gasteiger partial charge on any atom is 0.0576 e. The minimum Gasteiger partial charge on any atom is -0.316 e. The predicted molar refractivity (Wildman–Crippen MR) is 91.6 cm³/mol. The smallest absolute Gasteiger partial charge is 0.0576 e. The van der Waals surface area contributed by atoms with Crippen LogP contribution in [-0.2, 0) is 19.5 Å². The van der Waals surface area contributed by atoms with Crippen molar-refractivity contribution in [2.75, 3.05) is 13.1 Å². The monoisotopic (exact) mass is 328 g/mol. The lowest BCUT2D eigenvalue weighted by Crippen LogP contribution is -2.67. The van der Waals surface area contributed by atoms with Gasteiger partial charge < -0.3 is 10.5 Å². The number of hydroxylamine groups is 1. The summed E-state index contributed by atoms with van der Waals surface area (Å²) in [6.45, 7) is 3.78. The first-order chi connectivity index (χ1) is 11.7. The van der Waals surface area contributed by atoms with E-state index < -0.39 is 0 Å². The van der Waals surface area contributed by atoms with Crippen LogP contribution in [0.2, 0.25) is 0 Å². The molecule has 5 heteroatoms. The highest BCUT2D eigenvalue weighted by Gasteiger charge is 2.51. The lowest BCUT2D eigenvalue weighted by molar-refractivity contribution is -0.0227. The van der Waals surface area contributed by atoms with Crippen LogP contribution < -0.4 is 10.8 Å². The molecule has 3 N–H and O–H groups in total. The fourth-order valence-corrected chi connectivity index (χ4v) is 6.20. The second-order valence-corrected chi connectivity index (χ2v) is 8.71. The van der Waals surface area contributed by atoms with E-state index in [1.165, 1.54) is 49.9 Å². The number of piperidine rings is 2. The van der Waals surface area contributed by atoms with Crippen LogP contribution in [0.4, 0.5) is 0 Å². The molecule has 4 fully saturated rings. The second-order valence-electron chi connectivity index (χ2n) is 8.71. The van der Waals surface area contributed by atoms with Crippen molar-refractivity contribution in [3.8, 4) is 0 Å². The van der Waals surface area contributed by atoms with Gasteiger partial charge in [-0.1, -0.05) is 6.07 Å². The van der Waals surface area contributed by atoms with Crippen molar-refractivity contribution in [1.82, 2.24) is 20.7 Å². The lowest BCUT2D eigenvalue weighted by atomic mass is 9.59. The minimum atomic E-state index is 0.382. The normalized spacial score (nSPS) is 37.6. The number of nitrogens with zero attached hydrogens (tertiary/aromatic N) is 2. The third-order valence-corrected chi connectivity index (χ3v) is 6.77. The van der Waals surface area contributed by atoms with Gasteiger partial charge in [-0.25, -0.2) is 5.48 Å². The van der Waals surface area contributed by atoms with Crippen LogP contribution >= 0.6 is 0 Å². The molecule has 0 spiro atoms. The van der Waals surface area contributed by atoms with Gasteiger partial charge in [0.05, 0.1) is 5.69 Å². The Hall–Kier alpha value is -1.01. The fourth-order valence-electron chi connectivity index (χ4n) is 6.20. The molecular formula is C19H28N4O. The summed E-state index contributed by atoms with van der Waals surface area (Å²) < 4.78 is 0. The molecule has 24 heavy (non-hydrogen) atoms. The average molecular weight is 328 g/mol. The Morgan fingerprint density at radius 1 is 1.29 bits per heavy atom. The predicted octanol–water partition coefficient (Wildman–Crippen LogP) is 1.84. The van der Waals surface area contributed by atoms with E-state index in [1.54, 1.807) is 0 Å². The van der Waals surface area contributed by atoms with Crippen LogP contribution in [0.25, 0.3) is 0 Å². The van der Waals surface area contributed by atoms with Crippen molar-refractivity contribution in [1.29, 1.82) is 0 Å². The zero-order valence-electron chi connectivity index (χ0n) is 14.3. The molecular weight excluding hydrogens is 300 g/mol. The zero-order valence-corrected chi connectivity index (χ0v) is 14.3. The molecule has 4 bridgehead atoms. The molecule has 1 aromatic rings. The summed E-state index contributed by atoms with van der Waals surface area (Å²) >= 11 is 0. The van der Waals surface area contributed by atoms with E-state index in [2.05, 4.69) is 26.7 Å². The third-order valence-electron chi connectivity index (χ3n) is 6.77. The SMILES string of the molecule is ONCc1cnc2c(c1)CCN(CC13CC4CC(CC(C4)N1)C3)C2. The Bertz CT molecular complexity index is 597. The van der Waals surface area contributed by atoms with Gasteiger partial charge in [-0.05, 0) is 61.5 Å². The van der Waals surface area contributed by atoms with Crippen molar-refractivity contribution in [2.24, 2.45) is 11.8 Å². The van der Waals surface area contributed by atoms with E-state index in [1.807, 2.05) is 6.20 Å². The maximum absolute atomic E-state index is 8.86. The molecule has 130 valence electrons. The van der Waals surface area contributed by atoms with Crippen molar-refractivity contribution >= 4 is 0 Å². The highest BCUT2D eigenvalue weighted by Crippen LogP contribution is 2.49. The van der Waals surface area contributed by atoms with Crippen LogP contribution in [-0.4, -0.2) is 39.8 Å².